The Morgan fingerprint density at radius 2 is 2.20 bits per heavy atom. The Morgan fingerprint density at radius 3 is 2.30 bits per heavy atom. The number of isothiocyanates is 1. The number of aliphatic carboxylic acids is 1. The van der Waals surface area contributed by atoms with Gasteiger partial charge in [-0.2, -0.15) is 0 Å². The summed E-state index contributed by atoms with van der Waals surface area (Å²) in [7, 11) is 0. The highest BCUT2D eigenvalue weighted by Crippen LogP contribution is 2.04. The molecule has 10 heavy (non-hydrogen) atoms. The number of carboxylic acid groups (broad SMARTS) is 1. The van der Waals surface area contributed by atoms with E-state index in [0.29, 0.717) is 0 Å². The van der Waals surface area contributed by atoms with Crippen molar-refractivity contribution >= 4 is 23.3 Å². The molecule has 0 aromatic carbocycles. The van der Waals surface area contributed by atoms with Crippen LogP contribution in [0, 0.1) is 5.92 Å². The predicted molar refractivity (Wildman–Crippen MR) is 41.3 cm³/mol. The minimum Gasteiger partial charge on any atom is -0.480 e. The molecule has 0 aliphatic rings. The van der Waals surface area contributed by atoms with Crippen LogP contribution in [0.25, 0.3) is 0 Å². The summed E-state index contributed by atoms with van der Waals surface area (Å²) in [5.74, 6) is -0.986. The monoisotopic (exact) mass is 159 g/mol. The highest BCUT2D eigenvalue weighted by molar-refractivity contribution is 7.78. The molecule has 0 spiro atoms. The van der Waals surface area contributed by atoms with E-state index in [1.165, 1.54) is 0 Å². The second-order valence-corrected chi connectivity index (χ2v) is 2.43. The van der Waals surface area contributed by atoms with Crippen LogP contribution < -0.4 is 0 Å². The van der Waals surface area contributed by atoms with Gasteiger partial charge in [-0.25, -0.2) is 9.79 Å². The largest absolute Gasteiger partial charge is 0.480 e. The van der Waals surface area contributed by atoms with E-state index in [2.05, 4.69) is 22.4 Å². The van der Waals surface area contributed by atoms with Gasteiger partial charge in [0, 0.05) is 0 Å². The van der Waals surface area contributed by atoms with Gasteiger partial charge < -0.3 is 5.11 Å². The van der Waals surface area contributed by atoms with Gasteiger partial charge in [0.1, 0.15) is 0 Å². The summed E-state index contributed by atoms with van der Waals surface area (Å²) in [5.41, 5.74) is 0. The number of carboxylic acids is 1. The molecule has 4 heteroatoms. The molecular weight excluding hydrogens is 150 g/mol. The summed E-state index contributed by atoms with van der Waals surface area (Å²) in [4.78, 5) is 13.8. The van der Waals surface area contributed by atoms with Gasteiger partial charge in [-0.15, -0.1) is 0 Å². The first-order chi connectivity index (χ1) is 4.59. The maximum Gasteiger partial charge on any atom is 0.329 e. The zero-order valence-electron chi connectivity index (χ0n) is 5.87. The molecule has 0 rings (SSSR count). The molecule has 0 unspecified atom stereocenters. The molecule has 0 aromatic rings. The number of hydrogen-bond acceptors (Lipinski definition) is 3. The molecule has 0 amide bonds. The van der Waals surface area contributed by atoms with E-state index in [1.54, 1.807) is 13.8 Å². The highest BCUT2D eigenvalue weighted by Gasteiger charge is 2.19. The lowest BCUT2D eigenvalue weighted by atomic mass is 10.1. The van der Waals surface area contributed by atoms with Gasteiger partial charge in [-0.1, -0.05) is 13.8 Å². The van der Waals surface area contributed by atoms with E-state index in [9.17, 15) is 4.79 Å². The molecule has 1 atom stereocenters. The van der Waals surface area contributed by atoms with Gasteiger partial charge in [-0.05, 0) is 18.1 Å². The molecule has 0 saturated heterocycles. The Morgan fingerprint density at radius 1 is 1.70 bits per heavy atom. The van der Waals surface area contributed by atoms with Crippen LogP contribution in [0.3, 0.4) is 0 Å². The number of rotatable bonds is 3. The standard InChI is InChI=1S/C6H9NO2S/c1-4(2)5(6(8)9)7-3-10/h4-5H,1-2H3,(H,8,9)/t5-/m1/s1. The van der Waals surface area contributed by atoms with E-state index in [-0.39, 0.29) is 5.92 Å². The second-order valence-electron chi connectivity index (χ2n) is 2.25. The van der Waals surface area contributed by atoms with Gasteiger partial charge in [-0.3, -0.25) is 0 Å². The molecule has 1 N–H and O–H groups in total. The SMILES string of the molecule is CC(C)[C@@H](N=C=S)C(=O)O. The summed E-state index contributed by atoms with van der Waals surface area (Å²) < 4.78 is 0. The fraction of sp³-hybridized carbons (Fsp3) is 0.667. The molecule has 0 fully saturated rings. The second kappa shape index (κ2) is 4.14. The predicted octanol–water partition coefficient (Wildman–Crippen LogP) is 1.20. The third kappa shape index (κ3) is 2.71. The Bertz CT molecular complexity index is 171. The summed E-state index contributed by atoms with van der Waals surface area (Å²) in [6.45, 7) is 3.55. The Hall–Kier alpha value is -0.730. The lowest BCUT2D eigenvalue weighted by Gasteiger charge is -2.07. The number of thiocarbonyl (C=S) groups is 1. The fourth-order valence-electron chi connectivity index (χ4n) is 0.546. The minimum absolute atomic E-state index is 0.0343. The smallest absolute Gasteiger partial charge is 0.329 e. The van der Waals surface area contributed by atoms with Crippen molar-refractivity contribution < 1.29 is 9.90 Å². The van der Waals surface area contributed by atoms with Crippen molar-refractivity contribution in [2.45, 2.75) is 19.9 Å². The lowest BCUT2D eigenvalue weighted by Crippen LogP contribution is -2.23. The summed E-state index contributed by atoms with van der Waals surface area (Å²) >= 11 is 4.29. The number of nitrogens with zero attached hydrogens (tertiary/aromatic N) is 1. The molecule has 56 valence electrons. The van der Waals surface area contributed by atoms with Crippen molar-refractivity contribution in [3.63, 3.8) is 0 Å². The van der Waals surface area contributed by atoms with E-state index >= 15 is 0 Å². The van der Waals surface area contributed by atoms with E-state index in [4.69, 9.17) is 5.11 Å². The molecule has 0 heterocycles. The van der Waals surface area contributed by atoms with Crippen LogP contribution in [-0.4, -0.2) is 22.3 Å². The molecule has 0 aromatic heterocycles. The van der Waals surface area contributed by atoms with Gasteiger partial charge in [0.25, 0.3) is 0 Å². The van der Waals surface area contributed by atoms with Crippen LogP contribution in [-0.2, 0) is 4.79 Å². The zero-order chi connectivity index (χ0) is 8.15. The van der Waals surface area contributed by atoms with Crippen LogP contribution in [0.5, 0.6) is 0 Å². The first-order valence-electron chi connectivity index (χ1n) is 2.89. The van der Waals surface area contributed by atoms with Crippen molar-refractivity contribution in [1.29, 1.82) is 0 Å². The Balaban J connectivity index is 4.26. The number of aliphatic imine (C=N–C) groups is 1. The van der Waals surface area contributed by atoms with Crippen LogP contribution in [0.1, 0.15) is 13.8 Å². The van der Waals surface area contributed by atoms with E-state index < -0.39 is 12.0 Å². The van der Waals surface area contributed by atoms with Crippen molar-refractivity contribution in [2.75, 3.05) is 0 Å². The Kier molecular flexibility index (Phi) is 3.84. The van der Waals surface area contributed by atoms with Crippen molar-refractivity contribution in [1.82, 2.24) is 0 Å². The lowest BCUT2D eigenvalue weighted by molar-refractivity contribution is -0.139. The normalized spacial score (nSPS) is 12.3. The number of hydrogen-bond donors (Lipinski definition) is 1. The van der Waals surface area contributed by atoms with Crippen LogP contribution in [0.4, 0.5) is 0 Å². The molecule has 0 radical (unpaired) electrons. The third-order valence-corrected chi connectivity index (χ3v) is 1.18. The average Bonchev–Trinajstić information content (AvgIpc) is 1.81. The van der Waals surface area contributed by atoms with Gasteiger partial charge in [0.05, 0.1) is 5.16 Å². The summed E-state index contributed by atoms with van der Waals surface area (Å²) in [6.07, 6.45) is 0. The molecule has 0 aliphatic heterocycles. The molecule has 0 saturated carbocycles. The third-order valence-electron chi connectivity index (χ3n) is 1.08. The highest BCUT2D eigenvalue weighted by atomic mass is 32.1. The zero-order valence-corrected chi connectivity index (χ0v) is 6.68. The fourth-order valence-corrected chi connectivity index (χ4v) is 0.660. The molecule has 0 bridgehead atoms. The molecule has 3 nitrogen and oxygen atoms in total. The van der Waals surface area contributed by atoms with Crippen LogP contribution in [0.15, 0.2) is 4.99 Å². The van der Waals surface area contributed by atoms with Crippen molar-refractivity contribution in [3.8, 4) is 0 Å². The van der Waals surface area contributed by atoms with Crippen LogP contribution in [0.2, 0.25) is 0 Å². The minimum atomic E-state index is -0.952. The van der Waals surface area contributed by atoms with E-state index in [1.807, 2.05) is 0 Å². The van der Waals surface area contributed by atoms with Gasteiger partial charge in [0.15, 0.2) is 6.04 Å². The number of carbonyl (C=O) groups is 1. The maximum atomic E-state index is 10.4. The molecular formula is C6H9NO2S. The topological polar surface area (TPSA) is 49.7 Å². The van der Waals surface area contributed by atoms with E-state index in [0.717, 1.165) is 0 Å². The molecule has 0 aliphatic carbocycles. The first-order valence-corrected chi connectivity index (χ1v) is 3.30. The summed E-state index contributed by atoms with van der Waals surface area (Å²) in [5, 5.41) is 10.6. The van der Waals surface area contributed by atoms with Crippen molar-refractivity contribution in [3.05, 3.63) is 0 Å². The quantitative estimate of drug-likeness (QED) is 0.497. The van der Waals surface area contributed by atoms with Gasteiger partial charge in [0.2, 0.25) is 0 Å². The maximum absolute atomic E-state index is 10.4. The Labute approximate surface area is 64.8 Å². The van der Waals surface area contributed by atoms with Crippen molar-refractivity contribution in [2.24, 2.45) is 10.9 Å². The van der Waals surface area contributed by atoms with Crippen LogP contribution >= 0.6 is 12.2 Å². The summed E-state index contributed by atoms with van der Waals surface area (Å²) in [6, 6.07) is -0.738. The first kappa shape index (κ1) is 9.27. The van der Waals surface area contributed by atoms with Gasteiger partial charge >= 0.3 is 5.97 Å². The average molecular weight is 159 g/mol.